The van der Waals surface area contributed by atoms with Crippen molar-refractivity contribution in [1.29, 1.82) is 0 Å². The third-order valence-corrected chi connectivity index (χ3v) is 2.77. The van der Waals surface area contributed by atoms with Crippen LogP contribution in [0.15, 0.2) is 48.5 Å². The number of hydrogen-bond donors (Lipinski definition) is 2. The second kappa shape index (κ2) is 6.49. The van der Waals surface area contributed by atoms with Gasteiger partial charge in [-0.1, -0.05) is 24.3 Å². The molecule has 0 bridgehead atoms. The predicted molar refractivity (Wildman–Crippen MR) is 72.8 cm³/mol. The first-order chi connectivity index (χ1) is 9.96. The number of halogens is 3. The van der Waals surface area contributed by atoms with Crippen LogP contribution in [0, 0.1) is 0 Å². The van der Waals surface area contributed by atoms with Crippen molar-refractivity contribution in [2.24, 2.45) is 0 Å². The predicted octanol–water partition coefficient (Wildman–Crippen LogP) is 3.69. The molecule has 0 aliphatic carbocycles. The molecular formula is C15H14F3NO2. The average molecular weight is 297 g/mol. The summed E-state index contributed by atoms with van der Waals surface area (Å²) in [4.78, 5) is 0. The standard InChI is InChI=1S/C15H14F3NO2/c16-15(17,18)21-14-3-1-2-12(8-14)9-19-13-6-4-11(10-20)5-7-13/h1-8,19-20H,9-10H2. The molecule has 0 amide bonds. The summed E-state index contributed by atoms with van der Waals surface area (Å²) in [6.45, 7) is 0.338. The van der Waals surface area contributed by atoms with E-state index < -0.39 is 6.36 Å². The Labute approximate surface area is 120 Å². The molecule has 6 heteroatoms. The molecule has 112 valence electrons. The highest BCUT2D eigenvalue weighted by molar-refractivity contribution is 5.45. The van der Waals surface area contributed by atoms with Gasteiger partial charge in [-0.3, -0.25) is 0 Å². The monoisotopic (exact) mass is 297 g/mol. The van der Waals surface area contributed by atoms with E-state index in [-0.39, 0.29) is 12.4 Å². The number of hydrogen-bond acceptors (Lipinski definition) is 3. The van der Waals surface area contributed by atoms with Gasteiger partial charge in [-0.25, -0.2) is 0 Å². The second-order valence-electron chi connectivity index (χ2n) is 4.40. The molecule has 0 spiro atoms. The van der Waals surface area contributed by atoms with E-state index >= 15 is 0 Å². The lowest BCUT2D eigenvalue weighted by Gasteiger charge is -2.11. The normalized spacial score (nSPS) is 11.2. The van der Waals surface area contributed by atoms with E-state index in [0.29, 0.717) is 12.1 Å². The molecule has 0 aromatic heterocycles. The van der Waals surface area contributed by atoms with Crippen molar-refractivity contribution in [3.05, 3.63) is 59.7 Å². The zero-order valence-corrected chi connectivity index (χ0v) is 11.0. The number of nitrogens with one attached hydrogen (secondary N) is 1. The Hall–Kier alpha value is -2.21. The van der Waals surface area contributed by atoms with Crippen molar-refractivity contribution in [2.45, 2.75) is 19.5 Å². The lowest BCUT2D eigenvalue weighted by molar-refractivity contribution is -0.274. The van der Waals surface area contributed by atoms with E-state index in [9.17, 15) is 13.2 Å². The summed E-state index contributed by atoms with van der Waals surface area (Å²) >= 11 is 0. The summed E-state index contributed by atoms with van der Waals surface area (Å²) in [6, 6.07) is 12.9. The van der Waals surface area contributed by atoms with Crippen LogP contribution < -0.4 is 10.1 Å². The summed E-state index contributed by atoms with van der Waals surface area (Å²) in [5.41, 5.74) is 2.28. The summed E-state index contributed by atoms with van der Waals surface area (Å²) < 4.78 is 40.3. The van der Waals surface area contributed by atoms with Gasteiger partial charge in [0, 0.05) is 12.2 Å². The Bertz CT molecular complexity index is 582. The number of benzene rings is 2. The summed E-state index contributed by atoms with van der Waals surface area (Å²) in [5.74, 6) is -0.238. The Morgan fingerprint density at radius 3 is 2.33 bits per heavy atom. The lowest BCUT2D eigenvalue weighted by Crippen LogP contribution is -2.17. The van der Waals surface area contributed by atoms with Crippen LogP contribution >= 0.6 is 0 Å². The summed E-state index contributed by atoms with van der Waals surface area (Å²) in [6.07, 6.45) is -4.69. The smallest absolute Gasteiger partial charge is 0.406 e. The Balaban J connectivity index is 1.97. The quantitative estimate of drug-likeness (QED) is 0.884. The van der Waals surface area contributed by atoms with Crippen LogP contribution in [0.3, 0.4) is 0 Å². The zero-order chi connectivity index (χ0) is 15.3. The molecule has 0 aliphatic heterocycles. The largest absolute Gasteiger partial charge is 0.573 e. The number of anilines is 1. The number of ether oxygens (including phenoxy) is 1. The molecule has 0 aliphatic rings. The molecule has 2 rings (SSSR count). The van der Waals surface area contributed by atoms with Gasteiger partial charge in [0.25, 0.3) is 0 Å². The molecule has 0 unspecified atom stereocenters. The van der Waals surface area contributed by atoms with Gasteiger partial charge >= 0.3 is 6.36 Å². The molecule has 0 heterocycles. The Morgan fingerprint density at radius 2 is 1.71 bits per heavy atom. The van der Waals surface area contributed by atoms with Crippen LogP contribution in [0.4, 0.5) is 18.9 Å². The molecule has 2 aromatic rings. The second-order valence-corrected chi connectivity index (χ2v) is 4.40. The van der Waals surface area contributed by atoms with Gasteiger partial charge in [-0.2, -0.15) is 0 Å². The third-order valence-electron chi connectivity index (χ3n) is 2.77. The molecule has 0 saturated carbocycles. The van der Waals surface area contributed by atoms with Crippen molar-refractivity contribution >= 4 is 5.69 Å². The molecule has 3 nitrogen and oxygen atoms in total. The maximum Gasteiger partial charge on any atom is 0.573 e. The van der Waals surface area contributed by atoms with Crippen molar-refractivity contribution in [3.8, 4) is 5.75 Å². The highest BCUT2D eigenvalue weighted by Gasteiger charge is 2.31. The number of aliphatic hydroxyl groups is 1. The summed E-state index contributed by atoms with van der Waals surface area (Å²) in [7, 11) is 0. The zero-order valence-electron chi connectivity index (χ0n) is 11.0. The molecule has 21 heavy (non-hydrogen) atoms. The van der Waals surface area contributed by atoms with Gasteiger partial charge in [0.1, 0.15) is 5.75 Å². The van der Waals surface area contributed by atoms with Crippen molar-refractivity contribution in [1.82, 2.24) is 0 Å². The molecule has 0 fully saturated rings. The SMILES string of the molecule is OCc1ccc(NCc2cccc(OC(F)(F)F)c2)cc1. The van der Waals surface area contributed by atoms with Crippen molar-refractivity contribution in [2.75, 3.05) is 5.32 Å². The molecule has 0 atom stereocenters. The van der Waals surface area contributed by atoms with Crippen LogP contribution in [0.5, 0.6) is 5.75 Å². The first-order valence-corrected chi connectivity index (χ1v) is 6.24. The lowest BCUT2D eigenvalue weighted by atomic mass is 10.2. The number of alkyl halides is 3. The van der Waals surface area contributed by atoms with E-state index in [0.717, 1.165) is 11.3 Å². The highest BCUT2D eigenvalue weighted by Crippen LogP contribution is 2.23. The third kappa shape index (κ3) is 5.00. The highest BCUT2D eigenvalue weighted by atomic mass is 19.4. The van der Waals surface area contributed by atoms with E-state index in [2.05, 4.69) is 10.1 Å². The van der Waals surface area contributed by atoms with Gasteiger partial charge in [0.05, 0.1) is 6.61 Å². The van der Waals surface area contributed by atoms with Gasteiger partial charge in [-0.05, 0) is 35.4 Å². The van der Waals surface area contributed by atoms with Gasteiger partial charge in [-0.15, -0.1) is 13.2 Å². The fourth-order valence-electron chi connectivity index (χ4n) is 1.78. The number of rotatable bonds is 5. The minimum atomic E-state index is -4.69. The fraction of sp³-hybridized carbons (Fsp3) is 0.200. The van der Waals surface area contributed by atoms with Crippen LogP contribution in [0.2, 0.25) is 0 Å². The minimum Gasteiger partial charge on any atom is -0.406 e. The first-order valence-electron chi connectivity index (χ1n) is 6.24. The average Bonchev–Trinajstić information content (AvgIpc) is 2.44. The first kappa shape index (κ1) is 15.2. The van der Waals surface area contributed by atoms with E-state index in [4.69, 9.17) is 5.11 Å². The van der Waals surface area contributed by atoms with Crippen LogP contribution in [0.25, 0.3) is 0 Å². The van der Waals surface area contributed by atoms with Crippen molar-refractivity contribution < 1.29 is 23.0 Å². The molecule has 0 radical (unpaired) electrons. The van der Waals surface area contributed by atoms with E-state index in [1.165, 1.54) is 18.2 Å². The van der Waals surface area contributed by atoms with Gasteiger partial charge in [0.15, 0.2) is 0 Å². The van der Waals surface area contributed by atoms with E-state index in [1.54, 1.807) is 30.3 Å². The Kier molecular flexibility index (Phi) is 4.70. The fourth-order valence-corrected chi connectivity index (χ4v) is 1.78. The van der Waals surface area contributed by atoms with Gasteiger partial charge < -0.3 is 15.2 Å². The minimum absolute atomic E-state index is 0.0306. The maximum absolute atomic E-state index is 12.1. The number of aliphatic hydroxyl groups excluding tert-OH is 1. The van der Waals surface area contributed by atoms with E-state index in [1.807, 2.05) is 0 Å². The topological polar surface area (TPSA) is 41.5 Å². The van der Waals surface area contributed by atoms with Gasteiger partial charge in [0.2, 0.25) is 0 Å². The molecular weight excluding hydrogens is 283 g/mol. The van der Waals surface area contributed by atoms with Crippen LogP contribution in [0.1, 0.15) is 11.1 Å². The van der Waals surface area contributed by atoms with Crippen LogP contribution in [-0.4, -0.2) is 11.5 Å². The Morgan fingerprint density at radius 1 is 1.00 bits per heavy atom. The molecule has 2 aromatic carbocycles. The van der Waals surface area contributed by atoms with Crippen LogP contribution in [-0.2, 0) is 13.2 Å². The van der Waals surface area contributed by atoms with Crippen molar-refractivity contribution in [3.63, 3.8) is 0 Å². The molecule has 2 N–H and O–H groups in total. The maximum atomic E-state index is 12.1. The summed E-state index contributed by atoms with van der Waals surface area (Å²) in [5, 5.41) is 12.0. The molecule has 0 saturated heterocycles.